The number of hydrogen-bond donors (Lipinski definition) is 3. The molecule has 0 saturated carbocycles. The predicted molar refractivity (Wildman–Crippen MR) is 141 cm³/mol. The summed E-state index contributed by atoms with van der Waals surface area (Å²) in [5.41, 5.74) is 5.35. The standard InChI is InChI=1S/C27H34N6O3/c1-5-32(18-27(36)30-24-13-11-23(12-14-24)29-21(4)34)17-26(35)28-15-25-19(2)31-33(20(25)3)16-22-9-7-6-8-10-22/h6-14H,5,15-18H2,1-4H3,(H,28,35)(H,29,34)(H,30,36). The second kappa shape index (κ2) is 12.6. The van der Waals surface area contributed by atoms with E-state index in [1.807, 2.05) is 43.7 Å². The zero-order chi connectivity index (χ0) is 26.1. The monoisotopic (exact) mass is 490 g/mol. The third-order valence-electron chi connectivity index (χ3n) is 5.84. The number of amides is 3. The number of hydrogen-bond acceptors (Lipinski definition) is 5. The van der Waals surface area contributed by atoms with Crippen LogP contribution in [0.5, 0.6) is 0 Å². The summed E-state index contributed by atoms with van der Waals surface area (Å²) >= 11 is 0. The van der Waals surface area contributed by atoms with Crippen molar-refractivity contribution >= 4 is 29.1 Å². The number of carbonyl (C=O) groups excluding carboxylic acids is 3. The average Bonchev–Trinajstić information content (AvgIpc) is 3.10. The average molecular weight is 491 g/mol. The second-order valence-corrected chi connectivity index (χ2v) is 8.68. The Bertz CT molecular complexity index is 1190. The minimum atomic E-state index is -0.217. The van der Waals surface area contributed by atoms with Crippen molar-refractivity contribution in [2.75, 3.05) is 30.3 Å². The number of anilines is 2. The summed E-state index contributed by atoms with van der Waals surface area (Å²) in [4.78, 5) is 38.0. The molecule has 9 nitrogen and oxygen atoms in total. The summed E-state index contributed by atoms with van der Waals surface area (Å²) < 4.78 is 1.96. The Kier molecular flexibility index (Phi) is 9.35. The molecule has 0 radical (unpaired) electrons. The van der Waals surface area contributed by atoms with Gasteiger partial charge in [0.15, 0.2) is 0 Å². The summed E-state index contributed by atoms with van der Waals surface area (Å²) in [7, 11) is 0. The molecule has 3 aromatic rings. The topological polar surface area (TPSA) is 108 Å². The number of aryl methyl sites for hydroxylation is 1. The van der Waals surface area contributed by atoms with Crippen LogP contribution in [0, 0.1) is 13.8 Å². The summed E-state index contributed by atoms with van der Waals surface area (Å²) in [5, 5.41) is 13.1. The van der Waals surface area contributed by atoms with E-state index in [4.69, 9.17) is 0 Å². The number of nitrogens with zero attached hydrogens (tertiary/aromatic N) is 3. The summed E-state index contributed by atoms with van der Waals surface area (Å²) in [6.07, 6.45) is 0. The number of nitrogens with one attached hydrogen (secondary N) is 3. The van der Waals surface area contributed by atoms with Crippen molar-refractivity contribution in [3.63, 3.8) is 0 Å². The Hall–Kier alpha value is -3.98. The molecule has 2 aromatic carbocycles. The van der Waals surface area contributed by atoms with Gasteiger partial charge in [0, 0.05) is 36.1 Å². The molecule has 0 aliphatic rings. The molecule has 0 bridgehead atoms. The van der Waals surface area contributed by atoms with Crippen molar-refractivity contribution in [1.82, 2.24) is 20.0 Å². The van der Waals surface area contributed by atoms with E-state index in [0.717, 1.165) is 17.0 Å². The third kappa shape index (κ3) is 7.78. The van der Waals surface area contributed by atoms with Crippen LogP contribution in [0.4, 0.5) is 11.4 Å². The van der Waals surface area contributed by atoms with Gasteiger partial charge in [-0.2, -0.15) is 5.10 Å². The highest BCUT2D eigenvalue weighted by molar-refractivity contribution is 5.93. The lowest BCUT2D eigenvalue weighted by atomic mass is 10.2. The maximum Gasteiger partial charge on any atom is 0.238 e. The third-order valence-corrected chi connectivity index (χ3v) is 5.84. The highest BCUT2D eigenvalue weighted by atomic mass is 16.2. The van der Waals surface area contributed by atoms with E-state index in [1.165, 1.54) is 12.5 Å². The Morgan fingerprint density at radius 3 is 2.11 bits per heavy atom. The van der Waals surface area contributed by atoms with E-state index in [1.54, 1.807) is 29.2 Å². The zero-order valence-corrected chi connectivity index (χ0v) is 21.3. The fraction of sp³-hybridized carbons (Fsp3) is 0.333. The van der Waals surface area contributed by atoms with Crippen LogP contribution in [-0.2, 0) is 27.5 Å². The van der Waals surface area contributed by atoms with Crippen LogP contribution in [0.15, 0.2) is 54.6 Å². The molecule has 0 atom stereocenters. The number of rotatable bonds is 11. The Labute approximate surface area is 211 Å². The van der Waals surface area contributed by atoms with Gasteiger partial charge in [-0.15, -0.1) is 0 Å². The number of benzene rings is 2. The summed E-state index contributed by atoms with van der Waals surface area (Å²) in [6.45, 7) is 9.11. The molecule has 1 aromatic heterocycles. The van der Waals surface area contributed by atoms with Gasteiger partial charge in [0.2, 0.25) is 17.7 Å². The van der Waals surface area contributed by atoms with Crippen LogP contribution < -0.4 is 16.0 Å². The van der Waals surface area contributed by atoms with E-state index in [2.05, 4.69) is 33.2 Å². The fourth-order valence-corrected chi connectivity index (χ4v) is 3.87. The van der Waals surface area contributed by atoms with Gasteiger partial charge in [0.05, 0.1) is 25.3 Å². The molecule has 0 spiro atoms. The number of likely N-dealkylation sites (N-methyl/N-ethyl adjacent to an activating group) is 1. The highest BCUT2D eigenvalue weighted by Crippen LogP contribution is 2.15. The quantitative estimate of drug-likeness (QED) is 0.383. The Balaban J connectivity index is 1.49. The largest absolute Gasteiger partial charge is 0.351 e. The molecule has 0 saturated heterocycles. The molecule has 0 aliphatic carbocycles. The van der Waals surface area contributed by atoms with Crippen molar-refractivity contribution in [1.29, 1.82) is 0 Å². The molecular formula is C27H34N6O3. The van der Waals surface area contributed by atoms with Crippen LogP contribution in [0.1, 0.15) is 36.4 Å². The molecule has 9 heteroatoms. The van der Waals surface area contributed by atoms with Crippen molar-refractivity contribution in [2.24, 2.45) is 0 Å². The van der Waals surface area contributed by atoms with Crippen molar-refractivity contribution in [3.05, 3.63) is 77.1 Å². The Morgan fingerprint density at radius 1 is 0.889 bits per heavy atom. The van der Waals surface area contributed by atoms with Gasteiger partial charge < -0.3 is 16.0 Å². The molecule has 3 amide bonds. The molecule has 190 valence electrons. The molecule has 1 heterocycles. The molecule has 0 unspecified atom stereocenters. The van der Waals surface area contributed by atoms with Crippen LogP contribution in [0.2, 0.25) is 0 Å². The molecule has 0 aliphatic heterocycles. The lowest BCUT2D eigenvalue weighted by molar-refractivity contribution is -0.123. The van der Waals surface area contributed by atoms with Gasteiger partial charge in [-0.25, -0.2) is 0 Å². The lowest BCUT2D eigenvalue weighted by Crippen LogP contribution is -2.41. The van der Waals surface area contributed by atoms with E-state index in [0.29, 0.717) is 31.0 Å². The van der Waals surface area contributed by atoms with E-state index in [9.17, 15) is 14.4 Å². The van der Waals surface area contributed by atoms with Crippen LogP contribution in [-0.4, -0.2) is 52.0 Å². The normalized spacial score (nSPS) is 10.8. The molecule has 0 fully saturated rings. The maximum absolute atomic E-state index is 12.6. The Morgan fingerprint density at radius 2 is 1.50 bits per heavy atom. The molecule has 3 rings (SSSR count). The van der Waals surface area contributed by atoms with Gasteiger partial charge >= 0.3 is 0 Å². The zero-order valence-electron chi connectivity index (χ0n) is 21.3. The molecule has 3 N–H and O–H groups in total. The van der Waals surface area contributed by atoms with Crippen molar-refractivity contribution < 1.29 is 14.4 Å². The predicted octanol–water partition coefficient (Wildman–Crippen LogP) is 3.08. The first-order valence-corrected chi connectivity index (χ1v) is 12.0. The maximum atomic E-state index is 12.6. The number of carbonyl (C=O) groups is 3. The number of aromatic nitrogens is 2. The van der Waals surface area contributed by atoms with Gasteiger partial charge in [-0.3, -0.25) is 24.0 Å². The van der Waals surface area contributed by atoms with Gasteiger partial charge in [-0.05, 0) is 50.2 Å². The van der Waals surface area contributed by atoms with Crippen LogP contribution >= 0.6 is 0 Å². The minimum Gasteiger partial charge on any atom is -0.351 e. The van der Waals surface area contributed by atoms with Gasteiger partial charge in [0.1, 0.15) is 0 Å². The first-order valence-electron chi connectivity index (χ1n) is 12.0. The van der Waals surface area contributed by atoms with Crippen LogP contribution in [0.25, 0.3) is 0 Å². The van der Waals surface area contributed by atoms with E-state index >= 15 is 0 Å². The first-order chi connectivity index (χ1) is 17.2. The highest BCUT2D eigenvalue weighted by Gasteiger charge is 2.16. The van der Waals surface area contributed by atoms with Gasteiger partial charge in [0.25, 0.3) is 0 Å². The van der Waals surface area contributed by atoms with Crippen molar-refractivity contribution in [3.8, 4) is 0 Å². The summed E-state index contributed by atoms with van der Waals surface area (Å²) in [6, 6.07) is 17.0. The molecule has 36 heavy (non-hydrogen) atoms. The lowest BCUT2D eigenvalue weighted by Gasteiger charge is -2.19. The van der Waals surface area contributed by atoms with Crippen molar-refractivity contribution in [2.45, 2.75) is 40.8 Å². The van der Waals surface area contributed by atoms with E-state index < -0.39 is 0 Å². The summed E-state index contributed by atoms with van der Waals surface area (Å²) in [5.74, 6) is -0.528. The second-order valence-electron chi connectivity index (χ2n) is 8.68. The fourth-order valence-electron chi connectivity index (χ4n) is 3.87. The SMILES string of the molecule is CCN(CC(=O)NCc1c(C)nn(Cc2ccccc2)c1C)CC(=O)Nc1ccc(NC(C)=O)cc1. The van der Waals surface area contributed by atoms with Gasteiger partial charge in [-0.1, -0.05) is 37.3 Å². The smallest absolute Gasteiger partial charge is 0.238 e. The molecular weight excluding hydrogens is 456 g/mol. The first kappa shape index (κ1) is 26.6. The minimum absolute atomic E-state index is 0.0877. The van der Waals surface area contributed by atoms with Crippen LogP contribution in [0.3, 0.4) is 0 Å². The van der Waals surface area contributed by atoms with E-state index in [-0.39, 0.29) is 30.8 Å².